The zero-order valence-electron chi connectivity index (χ0n) is 11.3. The average Bonchev–Trinajstić information content (AvgIpc) is 2.43. The van der Waals surface area contributed by atoms with Crippen LogP contribution in [0, 0.1) is 6.92 Å². The molecule has 0 aliphatic rings. The van der Waals surface area contributed by atoms with E-state index in [1.54, 1.807) is 43.3 Å². The van der Waals surface area contributed by atoms with Crippen LogP contribution in [0.5, 0.6) is 11.5 Å². The molecule has 0 aromatic heterocycles. The van der Waals surface area contributed by atoms with E-state index in [-0.39, 0.29) is 0 Å². The predicted octanol–water partition coefficient (Wildman–Crippen LogP) is 3.14. The summed E-state index contributed by atoms with van der Waals surface area (Å²) in [7, 11) is 0. The highest BCUT2D eigenvalue weighted by Crippen LogP contribution is 2.25. The second-order valence-electron chi connectivity index (χ2n) is 4.28. The Bertz CT molecular complexity index is 632. The molecule has 0 saturated carbocycles. The molecule has 0 unspecified atom stereocenters. The topological polar surface area (TPSA) is 52.6 Å². The zero-order valence-corrected chi connectivity index (χ0v) is 11.3. The first kappa shape index (κ1) is 13.8. The quantitative estimate of drug-likeness (QED) is 0.635. The van der Waals surface area contributed by atoms with E-state index in [0.717, 1.165) is 5.56 Å². The van der Waals surface area contributed by atoms with Crippen molar-refractivity contribution in [1.29, 1.82) is 0 Å². The van der Waals surface area contributed by atoms with Crippen LogP contribution in [-0.2, 0) is 4.79 Å². The van der Waals surface area contributed by atoms with Crippen LogP contribution >= 0.6 is 0 Å². The number of rotatable bonds is 3. The molecule has 0 heterocycles. The second kappa shape index (κ2) is 6.02. The van der Waals surface area contributed by atoms with E-state index in [0.29, 0.717) is 17.1 Å². The molecular formula is C16H14O4. The van der Waals surface area contributed by atoms with Crippen molar-refractivity contribution >= 4 is 11.9 Å². The highest BCUT2D eigenvalue weighted by atomic mass is 16.5. The minimum atomic E-state index is -0.455. The fourth-order valence-corrected chi connectivity index (χ4v) is 1.65. The molecule has 4 heteroatoms. The fraction of sp³-hybridized carbons (Fsp3) is 0.125. The third kappa shape index (κ3) is 3.45. The third-order valence-electron chi connectivity index (χ3n) is 2.63. The van der Waals surface area contributed by atoms with E-state index in [4.69, 9.17) is 9.47 Å². The Morgan fingerprint density at radius 3 is 2.30 bits per heavy atom. The van der Waals surface area contributed by atoms with Gasteiger partial charge in [0.1, 0.15) is 11.5 Å². The molecule has 2 rings (SSSR count). The van der Waals surface area contributed by atoms with Crippen LogP contribution in [0.2, 0.25) is 0 Å². The maximum Gasteiger partial charge on any atom is 0.343 e. The van der Waals surface area contributed by atoms with Crippen LogP contribution < -0.4 is 9.47 Å². The molecule has 2 aromatic rings. The molecule has 2 aromatic carbocycles. The summed E-state index contributed by atoms with van der Waals surface area (Å²) in [4.78, 5) is 22.9. The Hall–Kier alpha value is -2.62. The molecule has 0 aliphatic heterocycles. The molecule has 0 fully saturated rings. The Morgan fingerprint density at radius 2 is 1.65 bits per heavy atom. The number of esters is 2. The number of hydrogen-bond donors (Lipinski definition) is 0. The van der Waals surface area contributed by atoms with Crippen LogP contribution in [-0.4, -0.2) is 11.9 Å². The molecule has 0 atom stereocenters. The second-order valence-corrected chi connectivity index (χ2v) is 4.28. The molecule has 102 valence electrons. The Balaban J connectivity index is 2.18. The van der Waals surface area contributed by atoms with Gasteiger partial charge in [-0.15, -0.1) is 0 Å². The Labute approximate surface area is 116 Å². The van der Waals surface area contributed by atoms with Crippen molar-refractivity contribution in [2.45, 2.75) is 13.8 Å². The number of hydrogen-bond acceptors (Lipinski definition) is 4. The minimum Gasteiger partial charge on any atom is -0.426 e. The maximum absolute atomic E-state index is 11.9. The van der Waals surface area contributed by atoms with Crippen LogP contribution in [0.15, 0.2) is 48.5 Å². The summed E-state index contributed by atoms with van der Waals surface area (Å²) in [6.45, 7) is 3.13. The lowest BCUT2D eigenvalue weighted by atomic mass is 10.2. The monoisotopic (exact) mass is 270 g/mol. The maximum atomic E-state index is 11.9. The van der Waals surface area contributed by atoms with Gasteiger partial charge in [0, 0.05) is 13.0 Å². The highest BCUT2D eigenvalue weighted by Gasteiger charge is 2.10. The van der Waals surface area contributed by atoms with Crippen molar-refractivity contribution in [2.75, 3.05) is 0 Å². The normalized spacial score (nSPS) is 9.90. The van der Waals surface area contributed by atoms with Gasteiger partial charge >= 0.3 is 11.9 Å². The smallest absolute Gasteiger partial charge is 0.343 e. The summed E-state index contributed by atoms with van der Waals surface area (Å²) >= 11 is 0. The fourth-order valence-electron chi connectivity index (χ4n) is 1.65. The SMILES string of the molecule is CC(=O)Oc1cc(OC(=O)c2ccccc2)ccc1C. The summed E-state index contributed by atoms with van der Waals surface area (Å²) in [5.74, 6) is -0.153. The molecule has 20 heavy (non-hydrogen) atoms. The van der Waals surface area contributed by atoms with E-state index in [1.165, 1.54) is 13.0 Å². The van der Waals surface area contributed by atoms with Crippen molar-refractivity contribution in [2.24, 2.45) is 0 Å². The molecule has 0 bridgehead atoms. The first-order valence-corrected chi connectivity index (χ1v) is 6.12. The largest absolute Gasteiger partial charge is 0.426 e. The summed E-state index contributed by atoms with van der Waals surface area (Å²) in [6, 6.07) is 13.6. The van der Waals surface area contributed by atoms with E-state index in [2.05, 4.69) is 0 Å². The standard InChI is InChI=1S/C16H14O4/c1-11-8-9-14(10-15(11)19-12(2)17)20-16(18)13-6-4-3-5-7-13/h3-10H,1-2H3. The van der Waals surface area contributed by atoms with Gasteiger partial charge in [-0.05, 0) is 30.7 Å². The van der Waals surface area contributed by atoms with E-state index in [9.17, 15) is 9.59 Å². The van der Waals surface area contributed by atoms with Crippen molar-refractivity contribution in [3.63, 3.8) is 0 Å². The summed E-state index contributed by atoms with van der Waals surface area (Å²) in [6.07, 6.45) is 0. The van der Waals surface area contributed by atoms with Gasteiger partial charge in [0.2, 0.25) is 0 Å². The van der Waals surface area contributed by atoms with Gasteiger partial charge in [0.25, 0.3) is 0 Å². The summed E-state index contributed by atoms with van der Waals surface area (Å²) < 4.78 is 10.3. The molecule has 0 aliphatic carbocycles. The van der Waals surface area contributed by atoms with Gasteiger partial charge in [0.05, 0.1) is 5.56 Å². The lowest BCUT2D eigenvalue weighted by Crippen LogP contribution is -2.09. The Morgan fingerprint density at radius 1 is 0.950 bits per heavy atom. The summed E-state index contributed by atoms with van der Waals surface area (Å²) in [5, 5.41) is 0. The number of ether oxygens (including phenoxy) is 2. The third-order valence-corrected chi connectivity index (χ3v) is 2.63. The lowest BCUT2D eigenvalue weighted by molar-refractivity contribution is -0.131. The van der Waals surface area contributed by atoms with Gasteiger partial charge in [-0.25, -0.2) is 4.79 Å². The van der Waals surface area contributed by atoms with Crippen LogP contribution in [0.4, 0.5) is 0 Å². The molecular weight excluding hydrogens is 256 g/mol. The van der Waals surface area contributed by atoms with E-state index >= 15 is 0 Å². The lowest BCUT2D eigenvalue weighted by Gasteiger charge is -2.09. The Kier molecular flexibility index (Phi) is 4.15. The number of aryl methyl sites for hydroxylation is 1. The molecule has 4 nitrogen and oxygen atoms in total. The van der Waals surface area contributed by atoms with Crippen LogP contribution in [0.1, 0.15) is 22.8 Å². The minimum absolute atomic E-state index is 0.334. The predicted molar refractivity (Wildman–Crippen MR) is 73.9 cm³/mol. The van der Waals surface area contributed by atoms with Gasteiger partial charge in [-0.2, -0.15) is 0 Å². The molecule has 0 amide bonds. The summed E-state index contributed by atoms with van der Waals surface area (Å²) in [5.41, 5.74) is 1.25. The zero-order chi connectivity index (χ0) is 14.5. The molecule has 0 spiro atoms. The van der Waals surface area contributed by atoms with Gasteiger partial charge in [-0.1, -0.05) is 24.3 Å². The van der Waals surface area contributed by atoms with Crippen molar-refractivity contribution < 1.29 is 19.1 Å². The highest BCUT2D eigenvalue weighted by molar-refractivity contribution is 5.91. The van der Waals surface area contributed by atoms with Crippen LogP contribution in [0.3, 0.4) is 0 Å². The van der Waals surface area contributed by atoms with Gasteiger partial charge in [-0.3, -0.25) is 4.79 Å². The van der Waals surface area contributed by atoms with Crippen molar-refractivity contribution in [3.8, 4) is 11.5 Å². The van der Waals surface area contributed by atoms with Crippen LogP contribution in [0.25, 0.3) is 0 Å². The van der Waals surface area contributed by atoms with Crippen molar-refractivity contribution in [1.82, 2.24) is 0 Å². The molecule has 0 radical (unpaired) electrons. The number of benzene rings is 2. The molecule has 0 N–H and O–H groups in total. The number of carbonyl (C=O) groups is 2. The van der Waals surface area contributed by atoms with Crippen molar-refractivity contribution in [3.05, 3.63) is 59.7 Å². The van der Waals surface area contributed by atoms with E-state index in [1.807, 2.05) is 6.07 Å². The molecule has 0 saturated heterocycles. The average molecular weight is 270 g/mol. The first-order valence-electron chi connectivity index (χ1n) is 6.12. The van der Waals surface area contributed by atoms with E-state index < -0.39 is 11.9 Å². The first-order chi connectivity index (χ1) is 9.56. The van der Waals surface area contributed by atoms with Gasteiger partial charge < -0.3 is 9.47 Å². The van der Waals surface area contributed by atoms with Gasteiger partial charge in [0.15, 0.2) is 0 Å². The number of carbonyl (C=O) groups excluding carboxylic acids is 2.